The highest BCUT2D eigenvalue weighted by Crippen LogP contribution is 2.24. The van der Waals surface area contributed by atoms with Gasteiger partial charge in [0.15, 0.2) is 0 Å². The average molecular weight is 303 g/mol. The van der Waals surface area contributed by atoms with Crippen molar-refractivity contribution in [2.75, 3.05) is 20.1 Å². The van der Waals surface area contributed by atoms with Crippen LogP contribution in [0, 0.1) is 6.92 Å². The van der Waals surface area contributed by atoms with Crippen molar-refractivity contribution < 1.29 is 8.42 Å². The summed E-state index contributed by atoms with van der Waals surface area (Å²) in [7, 11) is -1.50. The van der Waals surface area contributed by atoms with Gasteiger partial charge in [0.1, 0.15) is 0 Å². The van der Waals surface area contributed by atoms with Crippen molar-refractivity contribution >= 4 is 21.6 Å². The maximum Gasteiger partial charge on any atom is 0.243 e. The van der Waals surface area contributed by atoms with Crippen LogP contribution in [0.2, 0.25) is 5.02 Å². The molecule has 0 aromatic heterocycles. The van der Waals surface area contributed by atoms with E-state index in [1.54, 1.807) is 16.4 Å². The molecule has 0 saturated carbocycles. The molecule has 0 radical (unpaired) electrons. The van der Waals surface area contributed by atoms with Crippen molar-refractivity contribution in [3.8, 4) is 0 Å². The standard InChI is InChI=1S/C13H19ClN2O2S/c1-10-3-4-12(9-13(10)14)19(17,18)16-7-5-11(15-2)6-8-16/h3-4,9,11,15H,5-8H2,1-2H3. The maximum absolute atomic E-state index is 12.5. The van der Waals surface area contributed by atoms with E-state index in [0.29, 0.717) is 24.2 Å². The van der Waals surface area contributed by atoms with Crippen LogP contribution in [0.15, 0.2) is 23.1 Å². The zero-order valence-corrected chi connectivity index (χ0v) is 12.8. The first kappa shape index (κ1) is 14.8. The van der Waals surface area contributed by atoms with Crippen LogP contribution in [0.4, 0.5) is 0 Å². The largest absolute Gasteiger partial charge is 0.317 e. The zero-order valence-electron chi connectivity index (χ0n) is 11.2. The van der Waals surface area contributed by atoms with E-state index in [1.165, 1.54) is 6.07 Å². The fourth-order valence-electron chi connectivity index (χ4n) is 2.27. The third kappa shape index (κ3) is 3.11. The number of benzene rings is 1. The minimum atomic E-state index is -3.41. The summed E-state index contributed by atoms with van der Waals surface area (Å²) < 4.78 is 26.5. The Morgan fingerprint density at radius 2 is 1.95 bits per heavy atom. The summed E-state index contributed by atoms with van der Waals surface area (Å²) in [6, 6.07) is 5.32. The second-order valence-electron chi connectivity index (χ2n) is 4.88. The van der Waals surface area contributed by atoms with Crippen LogP contribution < -0.4 is 5.32 Å². The van der Waals surface area contributed by atoms with Gasteiger partial charge in [0, 0.05) is 24.2 Å². The number of aryl methyl sites for hydroxylation is 1. The highest BCUT2D eigenvalue weighted by atomic mass is 35.5. The van der Waals surface area contributed by atoms with Crippen molar-refractivity contribution in [3.63, 3.8) is 0 Å². The van der Waals surface area contributed by atoms with Gasteiger partial charge in [-0.2, -0.15) is 4.31 Å². The molecule has 1 aromatic rings. The lowest BCUT2D eigenvalue weighted by molar-refractivity contribution is 0.298. The van der Waals surface area contributed by atoms with Crippen LogP contribution in [0.25, 0.3) is 0 Å². The Morgan fingerprint density at radius 1 is 1.32 bits per heavy atom. The monoisotopic (exact) mass is 302 g/mol. The third-order valence-corrected chi connectivity index (χ3v) is 5.95. The Morgan fingerprint density at radius 3 is 2.47 bits per heavy atom. The van der Waals surface area contributed by atoms with Crippen LogP contribution in [0.3, 0.4) is 0 Å². The summed E-state index contributed by atoms with van der Waals surface area (Å²) >= 11 is 6.01. The van der Waals surface area contributed by atoms with E-state index in [0.717, 1.165) is 18.4 Å². The number of rotatable bonds is 3. The summed E-state index contributed by atoms with van der Waals surface area (Å²) in [6.45, 7) is 2.97. The number of nitrogens with one attached hydrogen (secondary N) is 1. The molecule has 1 N–H and O–H groups in total. The second-order valence-corrected chi connectivity index (χ2v) is 7.22. The van der Waals surface area contributed by atoms with Gasteiger partial charge in [0.25, 0.3) is 0 Å². The molecule has 19 heavy (non-hydrogen) atoms. The Hall–Kier alpha value is -0.620. The molecule has 1 aromatic carbocycles. The highest BCUT2D eigenvalue weighted by molar-refractivity contribution is 7.89. The van der Waals surface area contributed by atoms with Crippen LogP contribution in [0.5, 0.6) is 0 Å². The van der Waals surface area contributed by atoms with Gasteiger partial charge in [-0.1, -0.05) is 17.7 Å². The minimum Gasteiger partial charge on any atom is -0.317 e. The van der Waals surface area contributed by atoms with Crippen LogP contribution >= 0.6 is 11.6 Å². The smallest absolute Gasteiger partial charge is 0.243 e. The maximum atomic E-state index is 12.5. The molecule has 4 nitrogen and oxygen atoms in total. The SMILES string of the molecule is CNC1CCN(S(=O)(=O)c2ccc(C)c(Cl)c2)CC1. The lowest BCUT2D eigenvalue weighted by atomic mass is 10.1. The molecule has 0 unspecified atom stereocenters. The molecule has 0 spiro atoms. The summed E-state index contributed by atoms with van der Waals surface area (Å²) in [5.74, 6) is 0. The summed E-state index contributed by atoms with van der Waals surface area (Å²) in [5.41, 5.74) is 0.884. The van der Waals surface area contributed by atoms with Gasteiger partial charge in [-0.25, -0.2) is 8.42 Å². The zero-order chi connectivity index (χ0) is 14.0. The molecule has 0 bridgehead atoms. The molecule has 0 atom stereocenters. The van der Waals surface area contributed by atoms with Gasteiger partial charge in [-0.3, -0.25) is 0 Å². The minimum absolute atomic E-state index is 0.283. The van der Waals surface area contributed by atoms with Crippen molar-refractivity contribution in [3.05, 3.63) is 28.8 Å². The summed E-state index contributed by atoms with van der Waals surface area (Å²) in [6.07, 6.45) is 1.69. The average Bonchev–Trinajstić information content (AvgIpc) is 2.41. The van der Waals surface area contributed by atoms with E-state index in [-0.39, 0.29) is 4.90 Å². The van der Waals surface area contributed by atoms with Gasteiger partial charge < -0.3 is 5.32 Å². The molecule has 1 saturated heterocycles. The molecular formula is C13H19ClN2O2S. The molecule has 6 heteroatoms. The normalized spacial score (nSPS) is 18.7. The van der Waals surface area contributed by atoms with Crippen LogP contribution in [-0.2, 0) is 10.0 Å². The molecule has 1 fully saturated rings. The van der Waals surface area contributed by atoms with E-state index in [2.05, 4.69) is 5.32 Å². The van der Waals surface area contributed by atoms with Crippen LogP contribution in [0.1, 0.15) is 18.4 Å². The molecule has 106 valence electrons. The van der Waals surface area contributed by atoms with Crippen molar-refractivity contribution in [2.45, 2.75) is 30.7 Å². The molecule has 1 heterocycles. The van der Waals surface area contributed by atoms with E-state index < -0.39 is 10.0 Å². The second kappa shape index (κ2) is 5.79. The van der Waals surface area contributed by atoms with E-state index in [4.69, 9.17) is 11.6 Å². The van der Waals surface area contributed by atoms with Gasteiger partial charge in [0.05, 0.1) is 4.90 Å². The van der Waals surface area contributed by atoms with E-state index in [9.17, 15) is 8.42 Å². The molecule has 0 aliphatic carbocycles. The molecular weight excluding hydrogens is 284 g/mol. The fraction of sp³-hybridized carbons (Fsp3) is 0.538. The first-order valence-electron chi connectivity index (χ1n) is 6.38. The van der Waals surface area contributed by atoms with Gasteiger partial charge >= 0.3 is 0 Å². The van der Waals surface area contributed by atoms with E-state index in [1.807, 2.05) is 14.0 Å². The summed E-state index contributed by atoms with van der Waals surface area (Å²) in [4.78, 5) is 0.283. The molecule has 1 aliphatic rings. The fourth-order valence-corrected chi connectivity index (χ4v) is 4.01. The number of sulfonamides is 1. The Labute approximate surface area is 119 Å². The Kier molecular flexibility index (Phi) is 4.50. The van der Waals surface area contributed by atoms with Gasteiger partial charge in [-0.15, -0.1) is 0 Å². The lowest BCUT2D eigenvalue weighted by Crippen LogP contribution is -2.43. The quantitative estimate of drug-likeness (QED) is 0.929. The molecule has 1 aliphatic heterocycles. The Balaban J connectivity index is 2.21. The number of piperidine rings is 1. The highest BCUT2D eigenvalue weighted by Gasteiger charge is 2.29. The third-order valence-electron chi connectivity index (χ3n) is 3.64. The van der Waals surface area contributed by atoms with Gasteiger partial charge in [0.2, 0.25) is 10.0 Å². The molecule has 0 amide bonds. The number of hydrogen-bond acceptors (Lipinski definition) is 3. The number of nitrogens with zero attached hydrogens (tertiary/aromatic N) is 1. The summed E-state index contributed by atoms with van der Waals surface area (Å²) in [5, 5.41) is 3.68. The number of hydrogen-bond donors (Lipinski definition) is 1. The Bertz CT molecular complexity index is 552. The lowest BCUT2D eigenvalue weighted by Gasteiger charge is -2.31. The first-order chi connectivity index (χ1) is 8.95. The predicted octanol–water partition coefficient (Wildman–Crippen LogP) is 2.02. The van der Waals surface area contributed by atoms with Crippen molar-refractivity contribution in [2.24, 2.45) is 0 Å². The van der Waals surface area contributed by atoms with Crippen molar-refractivity contribution in [1.29, 1.82) is 0 Å². The van der Waals surface area contributed by atoms with Crippen LogP contribution in [-0.4, -0.2) is 38.9 Å². The molecule has 2 rings (SSSR count). The topological polar surface area (TPSA) is 49.4 Å². The number of halogens is 1. The van der Waals surface area contributed by atoms with Crippen molar-refractivity contribution in [1.82, 2.24) is 9.62 Å². The van der Waals surface area contributed by atoms with Gasteiger partial charge in [-0.05, 0) is 44.5 Å². The van der Waals surface area contributed by atoms with E-state index >= 15 is 0 Å². The predicted molar refractivity (Wildman–Crippen MR) is 77.0 cm³/mol. The first-order valence-corrected chi connectivity index (χ1v) is 8.20.